The van der Waals surface area contributed by atoms with E-state index in [4.69, 9.17) is 9.15 Å². The molecule has 4 heteroatoms. The number of nitrogens with zero attached hydrogens (tertiary/aromatic N) is 1. The highest BCUT2D eigenvalue weighted by Crippen LogP contribution is 2.27. The lowest BCUT2D eigenvalue weighted by Gasteiger charge is -2.32. The number of piperidine rings is 1. The normalized spacial score (nSPS) is 15.8. The molecular weight excluding hydrogens is 350 g/mol. The maximum Gasteiger partial charge on any atom is 0.336 e. The molecule has 0 unspecified atom stereocenters. The molecular formula is C24H27NO3. The lowest BCUT2D eigenvalue weighted by atomic mass is 9.90. The van der Waals surface area contributed by atoms with Gasteiger partial charge in [0, 0.05) is 18.0 Å². The van der Waals surface area contributed by atoms with Crippen LogP contribution in [-0.2, 0) is 13.0 Å². The second-order valence-corrected chi connectivity index (χ2v) is 7.59. The van der Waals surface area contributed by atoms with Crippen molar-refractivity contribution < 1.29 is 9.15 Å². The highest BCUT2D eigenvalue weighted by atomic mass is 16.5. The Labute approximate surface area is 165 Å². The first-order valence-corrected chi connectivity index (χ1v) is 10.2. The monoisotopic (exact) mass is 377 g/mol. The lowest BCUT2D eigenvalue weighted by molar-refractivity contribution is 0.177. The zero-order chi connectivity index (χ0) is 19.3. The molecule has 1 aliphatic rings. The van der Waals surface area contributed by atoms with E-state index in [1.54, 1.807) is 6.07 Å². The lowest BCUT2D eigenvalue weighted by Crippen LogP contribution is -2.34. The van der Waals surface area contributed by atoms with Crippen LogP contribution in [-0.4, -0.2) is 24.6 Å². The van der Waals surface area contributed by atoms with E-state index in [1.165, 1.54) is 18.4 Å². The summed E-state index contributed by atoms with van der Waals surface area (Å²) in [5, 5.41) is 0.969. The van der Waals surface area contributed by atoms with Crippen molar-refractivity contribution in [3.8, 4) is 5.75 Å². The molecule has 0 bridgehead atoms. The Morgan fingerprint density at radius 2 is 1.86 bits per heavy atom. The van der Waals surface area contributed by atoms with Gasteiger partial charge in [0.2, 0.25) is 0 Å². The highest BCUT2D eigenvalue weighted by Gasteiger charge is 2.20. The van der Waals surface area contributed by atoms with Crippen molar-refractivity contribution in [2.24, 2.45) is 5.92 Å². The molecule has 0 amide bonds. The van der Waals surface area contributed by atoms with Gasteiger partial charge < -0.3 is 9.15 Å². The SMILES string of the molecule is CCOc1ccc2oc(=O)cc(CN3CCC(Cc4ccccc4)CC3)c2c1. The van der Waals surface area contributed by atoms with Gasteiger partial charge in [-0.2, -0.15) is 0 Å². The Hall–Kier alpha value is -2.59. The molecule has 4 nitrogen and oxygen atoms in total. The summed E-state index contributed by atoms with van der Waals surface area (Å²) in [6.07, 6.45) is 3.54. The maximum atomic E-state index is 12.0. The summed E-state index contributed by atoms with van der Waals surface area (Å²) in [6.45, 7) is 5.48. The fraction of sp³-hybridized carbons (Fsp3) is 0.375. The third-order valence-electron chi connectivity index (χ3n) is 5.58. The van der Waals surface area contributed by atoms with Crippen LogP contribution in [0.3, 0.4) is 0 Å². The molecule has 1 aromatic heterocycles. The molecule has 1 saturated heterocycles. The molecule has 28 heavy (non-hydrogen) atoms. The number of rotatable bonds is 6. The van der Waals surface area contributed by atoms with E-state index < -0.39 is 0 Å². The molecule has 0 aliphatic carbocycles. The molecule has 146 valence electrons. The Morgan fingerprint density at radius 3 is 2.61 bits per heavy atom. The topological polar surface area (TPSA) is 42.7 Å². The number of ether oxygens (including phenoxy) is 1. The van der Waals surface area contributed by atoms with Gasteiger partial charge >= 0.3 is 5.63 Å². The average molecular weight is 377 g/mol. The van der Waals surface area contributed by atoms with Gasteiger partial charge in [0.15, 0.2) is 0 Å². The Balaban J connectivity index is 1.45. The van der Waals surface area contributed by atoms with Crippen LogP contribution < -0.4 is 10.4 Å². The smallest absolute Gasteiger partial charge is 0.336 e. The summed E-state index contributed by atoms with van der Waals surface area (Å²) < 4.78 is 11.0. The molecule has 0 atom stereocenters. The van der Waals surface area contributed by atoms with Gasteiger partial charge in [-0.15, -0.1) is 0 Å². The van der Waals surface area contributed by atoms with E-state index in [0.29, 0.717) is 12.2 Å². The van der Waals surface area contributed by atoms with Crippen LogP contribution in [0.5, 0.6) is 5.75 Å². The standard InChI is InChI=1S/C24H27NO3/c1-2-27-21-8-9-23-22(16-21)20(15-24(26)28-23)17-25-12-10-19(11-13-25)14-18-6-4-3-5-7-18/h3-9,15-16,19H,2,10-14,17H2,1H3. The van der Waals surface area contributed by atoms with Gasteiger partial charge in [0.05, 0.1) is 6.61 Å². The van der Waals surface area contributed by atoms with E-state index in [9.17, 15) is 4.79 Å². The third-order valence-corrected chi connectivity index (χ3v) is 5.58. The van der Waals surface area contributed by atoms with Crippen LogP contribution in [0, 0.1) is 5.92 Å². The fourth-order valence-corrected chi connectivity index (χ4v) is 4.13. The molecule has 0 saturated carbocycles. The predicted octanol–water partition coefficient (Wildman–Crippen LogP) is 4.65. The summed E-state index contributed by atoms with van der Waals surface area (Å²) in [6, 6.07) is 18.1. The van der Waals surface area contributed by atoms with E-state index in [0.717, 1.165) is 48.7 Å². The van der Waals surface area contributed by atoms with Gasteiger partial charge in [0.1, 0.15) is 11.3 Å². The zero-order valence-electron chi connectivity index (χ0n) is 16.4. The molecule has 2 aromatic carbocycles. The molecule has 0 spiro atoms. The molecule has 1 fully saturated rings. The number of fused-ring (bicyclic) bond motifs is 1. The molecule has 0 radical (unpaired) electrons. The van der Waals surface area contributed by atoms with Crippen LogP contribution in [0.4, 0.5) is 0 Å². The van der Waals surface area contributed by atoms with Gasteiger partial charge in [0.25, 0.3) is 0 Å². The molecule has 4 rings (SSSR count). The van der Waals surface area contributed by atoms with Gasteiger partial charge in [-0.1, -0.05) is 30.3 Å². The Kier molecular flexibility index (Phi) is 5.77. The second kappa shape index (κ2) is 8.61. The van der Waals surface area contributed by atoms with Crippen LogP contribution in [0.25, 0.3) is 11.0 Å². The third kappa shape index (κ3) is 4.45. The van der Waals surface area contributed by atoms with Crippen LogP contribution in [0.15, 0.2) is 63.8 Å². The zero-order valence-corrected chi connectivity index (χ0v) is 16.4. The average Bonchev–Trinajstić information content (AvgIpc) is 2.71. The van der Waals surface area contributed by atoms with Crippen molar-refractivity contribution >= 4 is 11.0 Å². The number of hydrogen-bond acceptors (Lipinski definition) is 4. The van der Waals surface area contributed by atoms with Crippen molar-refractivity contribution in [2.75, 3.05) is 19.7 Å². The van der Waals surface area contributed by atoms with Crippen molar-refractivity contribution in [2.45, 2.75) is 32.7 Å². The molecule has 3 aromatic rings. The first-order valence-electron chi connectivity index (χ1n) is 10.2. The van der Waals surface area contributed by atoms with E-state index in [1.807, 2.05) is 25.1 Å². The first-order chi connectivity index (χ1) is 13.7. The summed E-state index contributed by atoms with van der Waals surface area (Å²) in [5.41, 5.74) is 2.79. The van der Waals surface area contributed by atoms with Crippen molar-refractivity contribution in [3.63, 3.8) is 0 Å². The van der Waals surface area contributed by atoms with E-state index >= 15 is 0 Å². The van der Waals surface area contributed by atoms with Crippen LogP contribution in [0.2, 0.25) is 0 Å². The summed E-state index contributed by atoms with van der Waals surface area (Å²) in [7, 11) is 0. The molecule has 1 aliphatic heterocycles. The van der Waals surface area contributed by atoms with Gasteiger partial charge in [-0.3, -0.25) is 4.90 Å². The maximum absolute atomic E-state index is 12.0. The fourth-order valence-electron chi connectivity index (χ4n) is 4.13. The minimum absolute atomic E-state index is 0.286. The molecule has 0 N–H and O–H groups in total. The van der Waals surface area contributed by atoms with Crippen molar-refractivity contribution in [1.29, 1.82) is 0 Å². The summed E-state index contributed by atoms with van der Waals surface area (Å²) in [5.74, 6) is 1.55. The second-order valence-electron chi connectivity index (χ2n) is 7.59. The Morgan fingerprint density at radius 1 is 1.07 bits per heavy atom. The van der Waals surface area contributed by atoms with Gasteiger partial charge in [-0.25, -0.2) is 4.79 Å². The molecule has 2 heterocycles. The Bertz CT molecular complexity index is 972. The first kappa shape index (κ1) is 18.8. The van der Waals surface area contributed by atoms with Crippen LogP contribution in [0.1, 0.15) is 30.9 Å². The van der Waals surface area contributed by atoms with Crippen molar-refractivity contribution in [1.82, 2.24) is 4.90 Å². The van der Waals surface area contributed by atoms with Gasteiger partial charge in [-0.05, 0) is 74.5 Å². The highest BCUT2D eigenvalue weighted by molar-refractivity contribution is 5.81. The minimum Gasteiger partial charge on any atom is -0.494 e. The predicted molar refractivity (Wildman–Crippen MR) is 112 cm³/mol. The number of hydrogen-bond donors (Lipinski definition) is 0. The van der Waals surface area contributed by atoms with E-state index in [2.05, 4.69) is 35.2 Å². The van der Waals surface area contributed by atoms with Crippen LogP contribution >= 0.6 is 0 Å². The largest absolute Gasteiger partial charge is 0.494 e. The quantitative estimate of drug-likeness (QED) is 0.587. The van der Waals surface area contributed by atoms with E-state index in [-0.39, 0.29) is 5.63 Å². The number of benzene rings is 2. The number of likely N-dealkylation sites (tertiary alicyclic amines) is 1. The summed E-state index contributed by atoms with van der Waals surface area (Å²) in [4.78, 5) is 14.4. The van der Waals surface area contributed by atoms with Crippen molar-refractivity contribution in [3.05, 3.63) is 76.1 Å². The minimum atomic E-state index is -0.286. The summed E-state index contributed by atoms with van der Waals surface area (Å²) >= 11 is 0.